The van der Waals surface area contributed by atoms with Crippen molar-refractivity contribution in [2.24, 2.45) is 0 Å². The predicted octanol–water partition coefficient (Wildman–Crippen LogP) is 3.60. The SMILES string of the molecule is Cc1ccc(F)c(NC(=O)c2cccc([N+](=O)[O-])c2C)c1. The maximum absolute atomic E-state index is 13.6. The van der Waals surface area contributed by atoms with Crippen molar-refractivity contribution >= 4 is 17.3 Å². The van der Waals surface area contributed by atoms with Crippen LogP contribution < -0.4 is 5.32 Å². The largest absolute Gasteiger partial charge is 0.319 e. The van der Waals surface area contributed by atoms with E-state index in [0.717, 1.165) is 5.56 Å². The van der Waals surface area contributed by atoms with Crippen molar-refractivity contribution in [1.29, 1.82) is 0 Å². The molecule has 0 aliphatic heterocycles. The van der Waals surface area contributed by atoms with Gasteiger partial charge in [-0.1, -0.05) is 12.1 Å². The van der Waals surface area contributed by atoms with Crippen LogP contribution in [-0.2, 0) is 0 Å². The number of nitrogens with one attached hydrogen (secondary N) is 1. The molecule has 0 saturated carbocycles. The van der Waals surface area contributed by atoms with Gasteiger partial charge in [-0.05, 0) is 37.6 Å². The van der Waals surface area contributed by atoms with E-state index >= 15 is 0 Å². The minimum atomic E-state index is -0.583. The molecule has 21 heavy (non-hydrogen) atoms. The molecule has 6 heteroatoms. The van der Waals surface area contributed by atoms with Crippen molar-refractivity contribution in [1.82, 2.24) is 0 Å². The molecular formula is C15H13FN2O3. The zero-order valence-corrected chi connectivity index (χ0v) is 11.5. The van der Waals surface area contributed by atoms with Crippen LogP contribution in [0, 0.1) is 29.8 Å². The third-order valence-electron chi connectivity index (χ3n) is 3.12. The van der Waals surface area contributed by atoms with Crippen molar-refractivity contribution < 1.29 is 14.1 Å². The second kappa shape index (κ2) is 5.70. The fourth-order valence-electron chi connectivity index (χ4n) is 1.99. The molecule has 0 saturated heterocycles. The summed E-state index contributed by atoms with van der Waals surface area (Å²) in [6.07, 6.45) is 0. The van der Waals surface area contributed by atoms with Gasteiger partial charge in [0.1, 0.15) is 5.82 Å². The Morgan fingerprint density at radius 2 is 1.95 bits per heavy atom. The highest BCUT2D eigenvalue weighted by Gasteiger charge is 2.18. The minimum absolute atomic E-state index is 0.0471. The van der Waals surface area contributed by atoms with Gasteiger partial charge in [0.15, 0.2) is 0 Å². The molecule has 0 aromatic heterocycles. The third-order valence-corrected chi connectivity index (χ3v) is 3.12. The summed E-state index contributed by atoms with van der Waals surface area (Å²) in [6.45, 7) is 3.26. The van der Waals surface area contributed by atoms with Crippen LogP contribution >= 0.6 is 0 Å². The van der Waals surface area contributed by atoms with Gasteiger partial charge in [0.25, 0.3) is 11.6 Å². The molecular weight excluding hydrogens is 275 g/mol. The summed E-state index contributed by atoms with van der Waals surface area (Å²) in [6, 6.07) is 8.55. The highest BCUT2D eigenvalue weighted by molar-refractivity contribution is 6.05. The van der Waals surface area contributed by atoms with Crippen LogP contribution in [0.25, 0.3) is 0 Å². The monoisotopic (exact) mass is 288 g/mol. The van der Waals surface area contributed by atoms with E-state index in [1.165, 1.54) is 37.3 Å². The van der Waals surface area contributed by atoms with Gasteiger partial charge in [-0.15, -0.1) is 0 Å². The molecule has 0 radical (unpaired) electrons. The van der Waals surface area contributed by atoms with Gasteiger partial charge < -0.3 is 5.32 Å². The molecule has 0 unspecified atom stereocenters. The number of anilines is 1. The van der Waals surface area contributed by atoms with E-state index < -0.39 is 16.6 Å². The Labute approximate surface area is 120 Å². The first-order valence-electron chi connectivity index (χ1n) is 6.21. The molecule has 2 aromatic carbocycles. The summed E-state index contributed by atoms with van der Waals surface area (Å²) >= 11 is 0. The molecule has 0 heterocycles. The lowest BCUT2D eigenvalue weighted by Crippen LogP contribution is -2.15. The minimum Gasteiger partial charge on any atom is -0.319 e. The summed E-state index contributed by atoms with van der Waals surface area (Å²) < 4.78 is 13.6. The first kappa shape index (κ1) is 14.6. The van der Waals surface area contributed by atoms with Gasteiger partial charge in [-0.2, -0.15) is 0 Å². The number of carbonyl (C=O) groups is 1. The molecule has 0 fully saturated rings. The van der Waals surface area contributed by atoms with Crippen LogP contribution in [0.2, 0.25) is 0 Å². The van der Waals surface area contributed by atoms with E-state index in [4.69, 9.17) is 0 Å². The number of amides is 1. The first-order valence-corrected chi connectivity index (χ1v) is 6.21. The molecule has 0 aliphatic carbocycles. The van der Waals surface area contributed by atoms with Gasteiger partial charge in [-0.25, -0.2) is 4.39 Å². The summed E-state index contributed by atoms with van der Waals surface area (Å²) in [5.41, 5.74) is 1.08. The number of carbonyl (C=O) groups excluding carboxylic acids is 1. The van der Waals surface area contributed by atoms with Crippen molar-refractivity contribution in [3.63, 3.8) is 0 Å². The van der Waals surface area contributed by atoms with Crippen LogP contribution in [0.3, 0.4) is 0 Å². The van der Waals surface area contributed by atoms with Crippen LogP contribution in [0.5, 0.6) is 0 Å². The Kier molecular flexibility index (Phi) is 3.98. The number of halogens is 1. The number of hydrogen-bond acceptors (Lipinski definition) is 3. The summed E-state index contributed by atoms with van der Waals surface area (Å²) in [5, 5.41) is 13.3. The lowest BCUT2D eigenvalue weighted by molar-refractivity contribution is -0.385. The van der Waals surface area contributed by atoms with Crippen molar-refractivity contribution in [2.75, 3.05) is 5.32 Å². The van der Waals surface area contributed by atoms with E-state index in [0.29, 0.717) is 0 Å². The van der Waals surface area contributed by atoms with E-state index in [2.05, 4.69) is 5.32 Å². The lowest BCUT2D eigenvalue weighted by Gasteiger charge is -2.09. The lowest BCUT2D eigenvalue weighted by atomic mass is 10.1. The van der Waals surface area contributed by atoms with Crippen LogP contribution in [-0.4, -0.2) is 10.8 Å². The molecule has 1 amide bonds. The Morgan fingerprint density at radius 1 is 1.24 bits per heavy atom. The Bertz CT molecular complexity index is 729. The van der Waals surface area contributed by atoms with Crippen molar-refractivity contribution in [3.05, 3.63) is 69.0 Å². The van der Waals surface area contributed by atoms with Gasteiger partial charge in [0.2, 0.25) is 0 Å². The highest BCUT2D eigenvalue weighted by atomic mass is 19.1. The number of nitrogens with zero attached hydrogens (tertiary/aromatic N) is 1. The average molecular weight is 288 g/mol. The van der Waals surface area contributed by atoms with E-state index in [1.54, 1.807) is 13.0 Å². The number of nitro groups is 1. The molecule has 2 rings (SSSR count). The zero-order valence-electron chi connectivity index (χ0n) is 11.5. The predicted molar refractivity (Wildman–Crippen MR) is 76.9 cm³/mol. The molecule has 108 valence electrons. The second-order valence-electron chi connectivity index (χ2n) is 4.64. The smallest absolute Gasteiger partial charge is 0.273 e. The Balaban J connectivity index is 2.35. The van der Waals surface area contributed by atoms with E-state index in [9.17, 15) is 19.3 Å². The molecule has 0 bridgehead atoms. The Morgan fingerprint density at radius 3 is 2.62 bits per heavy atom. The van der Waals surface area contributed by atoms with Gasteiger partial charge in [-0.3, -0.25) is 14.9 Å². The molecule has 2 aromatic rings. The number of nitro benzene ring substituents is 1. The molecule has 5 nitrogen and oxygen atoms in total. The summed E-state index contributed by atoms with van der Waals surface area (Å²) in [4.78, 5) is 22.5. The van der Waals surface area contributed by atoms with Crippen molar-refractivity contribution in [2.45, 2.75) is 13.8 Å². The maximum Gasteiger partial charge on any atom is 0.273 e. The first-order chi connectivity index (χ1) is 9.90. The second-order valence-corrected chi connectivity index (χ2v) is 4.64. The van der Waals surface area contributed by atoms with Gasteiger partial charge >= 0.3 is 0 Å². The molecule has 0 spiro atoms. The number of hydrogen-bond donors (Lipinski definition) is 1. The summed E-state index contributed by atoms with van der Waals surface area (Å²) in [5.74, 6) is -1.14. The maximum atomic E-state index is 13.6. The van der Waals surface area contributed by atoms with Gasteiger partial charge in [0, 0.05) is 17.2 Å². The highest BCUT2D eigenvalue weighted by Crippen LogP contribution is 2.23. The molecule has 0 aliphatic rings. The van der Waals surface area contributed by atoms with Gasteiger partial charge in [0.05, 0.1) is 10.6 Å². The van der Waals surface area contributed by atoms with Crippen molar-refractivity contribution in [3.8, 4) is 0 Å². The number of rotatable bonds is 3. The van der Waals surface area contributed by atoms with Crippen LogP contribution in [0.4, 0.5) is 15.8 Å². The normalized spacial score (nSPS) is 10.2. The standard InChI is InChI=1S/C15H13FN2O3/c1-9-6-7-12(16)13(8-9)17-15(19)11-4-3-5-14(10(11)2)18(20)21/h3-8H,1-2H3,(H,17,19). The fraction of sp³-hybridized carbons (Fsp3) is 0.133. The average Bonchev–Trinajstić information content (AvgIpc) is 2.42. The zero-order chi connectivity index (χ0) is 15.6. The quantitative estimate of drug-likeness (QED) is 0.692. The third kappa shape index (κ3) is 3.05. The van der Waals surface area contributed by atoms with Crippen LogP contribution in [0.1, 0.15) is 21.5 Å². The fourth-order valence-corrected chi connectivity index (χ4v) is 1.99. The number of benzene rings is 2. The van der Waals surface area contributed by atoms with Crippen LogP contribution in [0.15, 0.2) is 36.4 Å². The topological polar surface area (TPSA) is 72.2 Å². The Hall–Kier alpha value is -2.76. The van der Waals surface area contributed by atoms with E-state index in [-0.39, 0.29) is 22.5 Å². The van der Waals surface area contributed by atoms with E-state index in [1.807, 2.05) is 0 Å². The number of aryl methyl sites for hydroxylation is 1. The summed E-state index contributed by atoms with van der Waals surface area (Å²) in [7, 11) is 0. The molecule has 1 N–H and O–H groups in total. The molecule has 0 atom stereocenters.